The van der Waals surface area contributed by atoms with Gasteiger partial charge >= 0.3 is 11.9 Å². The third-order valence-electron chi connectivity index (χ3n) is 7.29. The highest BCUT2D eigenvalue weighted by molar-refractivity contribution is 5.78. The maximum Gasteiger partial charge on any atom is 0.303 e. The molecular weight excluding hydrogens is 532 g/mol. The van der Waals surface area contributed by atoms with Crippen molar-refractivity contribution in [3.63, 3.8) is 0 Å². The molecule has 0 radical (unpaired) electrons. The van der Waals surface area contributed by atoms with Crippen LogP contribution < -0.4 is 42.5 Å². The molecule has 41 heavy (non-hydrogen) atoms. The van der Waals surface area contributed by atoms with E-state index in [9.17, 15) is 19.2 Å². The molecule has 0 aromatic rings. The van der Waals surface area contributed by atoms with Crippen LogP contribution in [0.4, 0.5) is 0 Å². The van der Waals surface area contributed by atoms with Crippen LogP contribution in [0.3, 0.4) is 0 Å². The molecule has 2 aliphatic heterocycles. The van der Waals surface area contributed by atoms with Crippen LogP contribution in [-0.4, -0.2) is 110 Å². The molecule has 2 aliphatic rings. The standard InChI is InChI=1S/C27H52N8O6/c1-19-10-28-15-26(34-22(36)6-4-8-24(38)39)16-29-11-20(2)13-31-18-27(17-30-12-19,33-21(3)14-32-26)35-23(37)7-5-9-25(40)41/h19-21,28-33H,4-18H2,1-3H3,(H,34,36)(H,35,37)(H,38,39)(H,40,41)/t19?,20?,21-,26-,27+/m1/s1. The summed E-state index contributed by atoms with van der Waals surface area (Å²) in [5.74, 6) is -1.80. The van der Waals surface area contributed by atoms with Gasteiger partial charge in [-0.1, -0.05) is 13.8 Å². The van der Waals surface area contributed by atoms with Gasteiger partial charge in [0.25, 0.3) is 0 Å². The van der Waals surface area contributed by atoms with E-state index in [1.807, 2.05) is 6.92 Å². The van der Waals surface area contributed by atoms with Gasteiger partial charge in [-0.2, -0.15) is 0 Å². The second-order valence-electron chi connectivity index (χ2n) is 11.9. The first kappa shape index (κ1) is 34.8. The largest absolute Gasteiger partial charge is 0.481 e. The summed E-state index contributed by atoms with van der Waals surface area (Å²) in [5.41, 5.74) is -1.67. The smallest absolute Gasteiger partial charge is 0.303 e. The molecule has 0 aliphatic carbocycles. The highest BCUT2D eigenvalue weighted by Gasteiger charge is 2.36. The van der Waals surface area contributed by atoms with Gasteiger partial charge in [0.1, 0.15) is 11.3 Å². The van der Waals surface area contributed by atoms with Crippen LogP contribution in [-0.2, 0) is 19.2 Å². The van der Waals surface area contributed by atoms with Gasteiger partial charge in [0.05, 0.1) is 0 Å². The van der Waals surface area contributed by atoms with Crippen LogP contribution in [0, 0.1) is 11.8 Å². The Kier molecular flexibility index (Phi) is 14.9. The molecule has 3 atom stereocenters. The monoisotopic (exact) mass is 584 g/mol. The lowest BCUT2D eigenvalue weighted by Crippen LogP contribution is -2.72. The van der Waals surface area contributed by atoms with Gasteiger partial charge in [0, 0.05) is 64.4 Å². The zero-order chi connectivity index (χ0) is 30.3. The minimum absolute atomic E-state index is 0.0650. The van der Waals surface area contributed by atoms with Gasteiger partial charge in [0.2, 0.25) is 11.8 Å². The SMILES string of the molecule is CC1CNC[C@]2(NC(=O)CCCC(=O)O)CNCC(C)CNC[C@](NC(=O)CCCC(=O)O)(CNC1)N[C@H](C)CN2. The summed E-state index contributed by atoms with van der Waals surface area (Å²) < 4.78 is 0. The second kappa shape index (κ2) is 17.6. The van der Waals surface area contributed by atoms with Crippen molar-refractivity contribution in [1.82, 2.24) is 42.5 Å². The number of hydrogen-bond donors (Lipinski definition) is 10. The molecule has 0 spiro atoms. The van der Waals surface area contributed by atoms with Gasteiger partial charge in [-0.3, -0.25) is 29.8 Å². The lowest BCUT2D eigenvalue weighted by molar-refractivity contribution is -0.138. The van der Waals surface area contributed by atoms with E-state index in [0.29, 0.717) is 58.9 Å². The van der Waals surface area contributed by atoms with E-state index in [0.717, 1.165) is 0 Å². The van der Waals surface area contributed by atoms with Crippen molar-refractivity contribution in [2.45, 2.75) is 76.7 Å². The van der Waals surface area contributed by atoms with Gasteiger partial charge < -0.3 is 42.1 Å². The van der Waals surface area contributed by atoms with E-state index in [1.54, 1.807) is 0 Å². The van der Waals surface area contributed by atoms with Gasteiger partial charge in [-0.25, -0.2) is 0 Å². The van der Waals surface area contributed by atoms with E-state index in [1.165, 1.54) is 0 Å². The van der Waals surface area contributed by atoms with Crippen LogP contribution in [0.2, 0.25) is 0 Å². The summed E-state index contributed by atoms with van der Waals surface area (Å²) in [7, 11) is 0. The highest BCUT2D eigenvalue weighted by Crippen LogP contribution is 2.09. The zero-order valence-electron chi connectivity index (χ0n) is 24.9. The van der Waals surface area contributed by atoms with Crippen molar-refractivity contribution in [1.29, 1.82) is 0 Å². The van der Waals surface area contributed by atoms with Crippen molar-refractivity contribution < 1.29 is 29.4 Å². The fourth-order valence-electron chi connectivity index (χ4n) is 5.21. The first-order chi connectivity index (χ1) is 19.4. The van der Waals surface area contributed by atoms with Crippen LogP contribution in [0.25, 0.3) is 0 Å². The molecule has 0 saturated carbocycles. The number of nitrogens with one attached hydrogen (secondary N) is 8. The number of amides is 2. The molecule has 236 valence electrons. The third kappa shape index (κ3) is 13.9. The topological polar surface area (TPSA) is 205 Å². The van der Waals surface area contributed by atoms with Gasteiger partial charge in [-0.15, -0.1) is 0 Å². The number of hydrogen-bond acceptors (Lipinski definition) is 10. The predicted molar refractivity (Wildman–Crippen MR) is 155 cm³/mol. The molecule has 2 fully saturated rings. The molecule has 2 rings (SSSR count). The van der Waals surface area contributed by atoms with Crippen LogP contribution in [0.5, 0.6) is 0 Å². The quantitative estimate of drug-likeness (QED) is 0.140. The third-order valence-corrected chi connectivity index (χ3v) is 7.29. The Bertz CT molecular complexity index is 838. The van der Waals surface area contributed by atoms with Crippen molar-refractivity contribution >= 4 is 23.8 Å². The predicted octanol–water partition coefficient (Wildman–Crippen LogP) is -1.65. The molecule has 14 nitrogen and oxygen atoms in total. The molecule has 2 heterocycles. The maximum atomic E-state index is 13.0. The van der Waals surface area contributed by atoms with Crippen LogP contribution in [0.1, 0.15) is 59.3 Å². The van der Waals surface area contributed by atoms with E-state index in [-0.39, 0.29) is 68.2 Å². The van der Waals surface area contributed by atoms with Crippen LogP contribution in [0.15, 0.2) is 0 Å². The zero-order valence-corrected chi connectivity index (χ0v) is 24.9. The van der Waals surface area contributed by atoms with Crippen molar-refractivity contribution in [3.8, 4) is 0 Å². The lowest BCUT2D eigenvalue weighted by Gasteiger charge is -2.40. The number of carbonyl (C=O) groups excluding carboxylic acids is 2. The Labute approximate surface area is 243 Å². The number of carboxylic acid groups (broad SMARTS) is 2. The van der Waals surface area contributed by atoms with E-state index < -0.39 is 23.3 Å². The minimum Gasteiger partial charge on any atom is -0.481 e. The average molecular weight is 585 g/mol. The lowest BCUT2D eigenvalue weighted by atomic mass is 10.1. The summed E-state index contributed by atoms with van der Waals surface area (Å²) in [6.45, 7) is 11.3. The van der Waals surface area contributed by atoms with E-state index in [4.69, 9.17) is 10.2 Å². The Morgan fingerprint density at radius 2 is 1.02 bits per heavy atom. The van der Waals surface area contributed by atoms with Crippen LogP contribution >= 0.6 is 0 Å². The summed E-state index contributed by atoms with van der Waals surface area (Å²) in [6, 6.07) is -0.141. The van der Waals surface area contributed by atoms with Crippen molar-refractivity contribution in [2.24, 2.45) is 11.8 Å². The number of rotatable bonds is 10. The summed E-state index contributed by atoms with van der Waals surface area (Å²) in [4.78, 5) is 47.9. The van der Waals surface area contributed by atoms with E-state index in [2.05, 4.69) is 56.4 Å². The Hall–Kier alpha value is -2.36. The molecule has 2 saturated heterocycles. The van der Waals surface area contributed by atoms with E-state index >= 15 is 0 Å². The fourth-order valence-corrected chi connectivity index (χ4v) is 5.21. The molecule has 0 aromatic carbocycles. The molecule has 10 N–H and O–H groups in total. The number of fused-ring (bicyclic) bond motifs is 5. The molecule has 14 heteroatoms. The minimum atomic E-state index is -0.927. The highest BCUT2D eigenvalue weighted by atomic mass is 16.4. The first-order valence-corrected chi connectivity index (χ1v) is 14.8. The number of carbonyl (C=O) groups is 4. The normalized spacial score (nSPS) is 30.5. The Morgan fingerprint density at radius 1 is 0.634 bits per heavy atom. The molecular formula is C27H52N8O6. The maximum absolute atomic E-state index is 13.0. The van der Waals surface area contributed by atoms with Gasteiger partial charge in [0.15, 0.2) is 0 Å². The first-order valence-electron chi connectivity index (χ1n) is 14.8. The second-order valence-corrected chi connectivity index (χ2v) is 11.9. The summed E-state index contributed by atoms with van der Waals surface area (Å²) >= 11 is 0. The summed E-state index contributed by atoms with van der Waals surface area (Å²) in [6.07, 6.45) is 0.612. The fraction of sp³-hybridized carbons (Fsp3) is 0.852. The molecule has 2 amide bonds. The molecule has 0 aromatic heterocycles. The Morgan fingerprint density at radius 3 is 1.44 bits per heavy atom. The molecule has 2 bridgehead atoms. The summed E-state index contributed by atoms with van der Waals surface area (Å²) in [5, 5.41) is 45.5. The molecule has 2 unspecified atom stereocenters. The van der Waals surface area contributed by atoms with Crippen molar-refractivity contribution in [3.05, 3.63) is 0 Å². The number of aliphatic carboxylic acids is 2. The van der Waals surface area contributed by atoms with Gasteiger partial charge in [-0.05, 0) is 57.8 Å². The Balaban J connectivity index is 2.32. The number of carboxylic acids is 2. The van der Waals surface area contributed by atoms with Crippen molar-refractivity contribution in [2.75, 3.05) is 58.9 Å². The average Bonchev–Trinajstić information content (AvgIpc) is 2.87.